The Kier molecular flexibility index (Phi) is 3.16. The molecule has 0 amide bonds. The Morgan fingerprint density at radius 2 is 2.23 bits per heavy atom. The third-order valence-electron chi connectivity index (χ3n) is 1.42. The summed E-state index contributed by atoms with van der Waals surface area (Å²) in [5.41, 5.74) is 6.23. The minimum atomic E-state index is 0.302. The number of anilines is 1. The lowest BCUT2D eigenvalue weighted by atomic mass is 10.2. The van der Waals surface area contributed by atoms with E-state index >= 15 is 0 Å². The van der Waals surface area contributed by atoms with E-state index in [1.165, 1.54) is 0 Å². The van der Waals surface area contributed by atoms with Gasteiger partial charge in [-0.05, 0) is 6.07 Å². The molecule has 3 heteroatoms. The fourth-order valence-corrected chi connectivity index (χ4v) is 0.994. The lowest BCUT2D eigenvalue weighted by Crippen LogP contribution is -1.94. The molecule has 1 heterocycles. The summed E-state index contributed by atoms with van der Waals surface area (Å²) in [6.45, 7) is 4.01. The number of aromatic nitrogens is 1. The van der Waals surface area contributed by atoms with E-state index in [0.717, 1.165) is 0 Å². The monoisotopic (exact) mass is 194 g/mol. The molecule has 2 nitrogen and oxygen atoms in total. The van der Waals surface area contributed by atoms with Gasteiger partial charge in [-0.2, -0.15) is 0 Å². The molecule has 2 N–H and O–H groups in total. The summed E-state index contributed by atoms with van der Waals surface area (Å²) in [6.07, 6.45) is 1.57. The highest BCUT2D eigenvalue weighted by molar-refractivity contribution is 6.32. The third kappa shape index (κ3) is 2.64. The average Bonchev–Trinajstić information content (AvgIpc) is 2.03. The molecule has 0 atom stereocenters. The Bertz CT molecular complexity index is 341. The van der Waals surface area contributed by atoms with Crippen LogP contribution in [-0.4, -0.2) is 4.98 Å². The van der Waals surface area contributed by atoms with Crippen LogP contribution in [0.5, 0.6) is 0 Å². The van der Waals surface area contributed by atoms with Crippen molar-refractivity contribution in [2.24, 2.45) is 5.92 Å². The maximum Gasteiger partial charge on any atom is 0.140 e. The van der Waals surface area contributed by atoms with Crippen LogP contribution in [0.2, 0.25) is 5.02 Å². The summed E-state index contributed by atoms with van der Waals surface area (Å²) >= 11 is 5.89. The molecular formula is C10H11ClN2. The largest absolute Gasteiger partial charge is 0.383 e. The van der Waals surface area contributed by atoms with Crippen molar-refractivity contribution >= 4 is 17.4 Å². The molecule has 0 unspecified atom stereocenters. The van der Waals surface area contributed by atoms with Crippen molar-refractivity contribution in [3.63, 3.8) is 0 Å². The smallest absolute Gasteiger partial charge is 0.140 e. The Hall–Kier alpha value is -1.20. The van der Waals surface area contributed by atoms with Crippen LogP contribution in [0.4, 0.5) is 5.82 Å². The fraction of sp³-hybridized carbons (Fsp3) is 0.300. The molecular weight excluding hydrogens is 184 g/mol. The van der Waals surface area contributed by atoms with Gasteiger partial charge in [-0.15, -0.1) is 0 Å². The number of pyridine rings is 1. The Morgan fingerprint density at radius 1 is 1.54 bits per heavy atom. The molecule has 0 spiro atoms. The van der Waals surface area contributed by atoms with Gasteiger partial charge >= 0.3 is 0 Å². The van der Waals surface area contributed by atoms with Crippen molar-refractivity contribution in [1.29, 1.82) is 0 Å². The van der Waals surface area contributed by atoms with Crippen LogP contribution < -0.4 is 5.73 Å². The number of rotatable bonds is 0. The molecule has 1 aromatic heterocycles. The molecule has 0 aliphatic heterocycles. The second kappa shape index (κ2) is 4.15. The van der Waals surface area contributed by atoms with Crippen molar-refractivity contribution in [2.75, 3.05) is 5.73 Å². The molecule has 0 bridgehead atoms. The quantitative estimate of drug-likeness (QED) is 0.644. The van der Waals surface area contributed by atoms with Crippen LogP contribution in [0.1, 0.15) is 19.4 Å². The average molecular weight is 195 g/mol. The second-order valence-electron chi connectivity index (χ2n) is 2.98. The van der Waals surface area contributed by atoms with Crippen LogP contribution in [0.3, 0.4) is 0 Å². The van der Waals surface area contributed by atoms with Gasteiger partial charge in [0, 0.05) is 12.1 Å². The zero-order valence-corrected chi connectivity index (χ0v) is 8.39. The highest BCUT2D eigenvalue weighted by Crippen LogP contribution is 2.18. The van der Waals surface area contributed by atoms with Gasteiger partial charge in [0.05, 0.1) is 10.6 Å². The predicted octanol–water partition coefficient (Wildman–Crippen LogP) is 2.32. The maximum absolute atomic E-state index is 5.89. The molecule has 0 aliphatic carbocycles. The Balaban J connectivity index is 3.09. The van der Waals surface area contributed by atoms with E-state index in [1.807, 2.05) is 13.8 Å². The number of halogens is 1. The summed E-state index contributed by atoms with van der Waals surface area (Å²) in [5, 5.41) is 0.556. The highest BCUT2D eigenvalue weighted by Gasteiger charge is 2.01. The van der Waals surface area contributed by atoms with Gasteiger partial charge in [0.2, 0.25) is 0 Å². The van der Waals surface area contributed by atoms with Crippen LogP contribution >= 0.6 is 11.6 Å². The molecule has 68 valence electrons. The van der Waals surface area contributed by atoms with E-state index in [0.29, 0.717) is 22.3 Å². The third-order valence-corrected chi connectivity index (χ3v) is 1.73. The van der Waals surface area contributed by atoms with Gasteiger partial charge in [-0.3, -0.25) is 0 Å². The van der Waals surface area contributed by atoms with Gasteiger partial charge in [-0.1, -0.05) is 37.3 Å². The maximum atomic E-state index is 5.89. The molecule has 0 saturated heterocycles. The first kappa shape index (κ1) is 9.88. The molecule has 0 aromatic carbocycles. The van der Waals surface area contributed by atoms with Crippen molar-refractivity contribution in [3.8, 4) is 11.8 Å². The SMILES string of the molecule is CC(C)C#Cc1c(Cl)ccnc1N. The van der Waals surface area contributed by atoms with Crippen LogP contribution in [0.25, 0.3) is 0 Å². The molecule has 0 radical (unpaired) electrons. The lowest BCUT2D eigenvalue weighted by molar-refractivity contribution is 0.866. The minimum Gasteiger partial charge on any atom is -0.383 e. The molecule has 13 heavy (non-hydrogen) atoms. The summed E-state index contributed by atoms with van der Waals surface area (Å²) in [5.74, 6) is 6.59. The first-order valence-corrected chi connectivity index (χ1v) is 4.40. The van der Waals surface area contributed by atoms with Gasteiger partial charge in [0.25, 0.3) is 0 Å². The van der Waals surface area contributed by atoms with Crippen molar-refractivity contribution < 1.29 is 0 Å². The summed E-state index contributed by atoms with van der Waals surface area (Å²) in [6, 6.07) is 1.68. The number of nitrogen functional groups attached to an aromatic ring is 1. The molecule has 0 aliphatic rings. The van der Waals surface area contributed by atoms with Crippen LogP contribution in [0, 0.1) is 17.8 Å². The normalized spacial score (nSPS) is 9.54. The summed E-state index contributed by atoms with van der Waals surface area (Å²) < 4.78 is 0. The first-order chi connectivity index (χ1) is 6.11. The number of nitrogens with zero attached hydrogens (tertiary/aromatic N) is 1. The van der Waals surface area contributed by atoms with Crippen LogP contribution in [0.15, 0.2) is 12.3 Å². The standard InChI is InChI=1S/C10H11ClN2/c1-7(2)3-4-8-9(11)5-6-13-10(8)12/h5-7H,1-2H3,(H2,12,13). The van der Waals surface area contributed by atoms with E-state index < -0.39 is 0 Å². The fourth-order valence-electron chi connectivity index (χ4n) is 0.793. The number of nitrogens with two attached hydrogens (primary N) is 1. The van der Waals surface area contributed by atoms with Gasteiger partial charge in [-0.25, -0.2) is 4.98 Å². The Labute approximate surface area is 83.1 Å². The summed E-state index contributed by atoms with van der Waals surface area (Å²) in [7, 11) is 0. The van der Waals surface area contributed by atoms with E-state index in [-0.39, 0.29) is 0 Å². The number of hydrogen-bond donors (Lipinski definition) is 1. The highest BCUT2D eigenvalue weighted by atomic mass is 35.5. The van der Waals surface area contributed by atoms with E-state index in [2.05, 4.69) is 16.8 Å². The van der Waals surface area contributed by atoms with Gasteiger partial charge in [0.1, 0.15) is 5.82 Å². The molecule has 0 saturated carbocycles. The zero-order valence-electron chi connectivity index (χ0n) is 7.63. The van der Waals surface area contributed by atoms with Crippen LogP contribution in [-0.2, 0) is 0 Å². The topological polar surface area (TPSA) is 38.9 Å². The lowest BCUT2D eigenvalue weighted by Gasteiger charge is -1.98. The van der Waals surface area contributed by atoms with Crippen molar-refractivity contribution in [3.05, 3.63) is 22.8 Å². The molecule has 1 rings (SSSR count). The van der Waals surface area contributed by atoms with Crippen molar-refractivity contribution in [1.82, 2.24) is 4.98 Å². The number of hydrogen-bond acceptors (Lipinski definition) is 2. The first-order valence-electron chi connectivity index (χ1n) is 4.02. The van der Waals surface area contributed by atoms with E-state index in [9.17, 15) is 0 Å². The Morgan fingerprint density at radius 3 is 2.77 bits per heavy atom. The molecule has 1 aromatic rings. The van der Waals surface area contributed by atoms with Gasteiger partial charge in [0.15, 0.2) is 0 Å². The zero-order chi connectivity index (χ0) is 9.84. The predicted molar refractivity (Wildman–Crippen MR) is 55.4 cm³/mol. The van der Waals surface area contributed by atoms with E-state index in [1.54, 1.807) is 12.3 Å². The van der Waals surface area contributed by atoms with E-state index in [4.69, 9.17) is 17.3 Å². The summed E-state index contributed by atoms with van der Waals surface area (Å²) in [4.78, 5) is 3.91. The molecule has 0 fully saturated rings. The van der Waals surface area contributed by atoms with Crippen molar-refractivity contribution in [2.45, 2.75) is 13.8 Å². The minimum absolute atomic E-state index is 0.302. The second-order valence-corrected chi connectivity index (χ2v) is 3.38. The van der Waals surface area contributed by atoms with Gasteiger partial charge < -0.3 is 5.73 Å².